The molecule has 0 amide bonds. The van der Waals surface area contributed by atoms with E-state index >= 15 is 0 Å². The van der Waals surface area contributed by atoms with E-state index < -0.39 is 0 Å². The van der Waals surface area contributed by atoms with Gasteiger partial charge in [0, 0.05) is 13.2 Å². The van der Waals surface area contributed by atoms with Gasteiger partial charge in [-0.1, -0.05) is 0 Å². The first-order valence-corrected chi connectivity index (χ1v) is 6.94. The molecule has 0 N–H and O–H groups in total. The first-order chi connectivity index (χ1) is 6.43. The normalized spacial score (nSPS) is 13.9. The van der Waals surface area contributed by atoms with Crippen molar-refractivity contribution in [2.45, 2.75) is 17.9 Å². The Morgan fingerprint density at radius 1 is 1.07 bits per heavy atom. The van der Waals surface area contributed by atoms with Crippen LogP contribution >= 0.6 is 0 Å². The van der Waals surface area contributed by atoms with Gasteiger partial charge in [-0.3, -0.25) is 0 Å². The minimum absolute atomic E-state index is 0. The van der Waals surface area contributed by atoms with Gasteiger partial charge in [0.15, 0.2) is 0 Å². The standard InChI is InChI=1S/C7H7.C4H8O.ClH.Zn/c1-7-5-3-2-4-6-7;1-2-4-5-3-1;;/h2-6H,1H2;1-4H2;1H;/q;;;+1/p-1. The van der Waals surface area contributed by atoms with Crippen molar-refractivity contribution in [1.29, 1.82) is 0 Å². The van der Waals surface area contributed by atoms with Gasteiger partial charge < -0.3 is 17.1 Å². The van der Waals surface area contributed by atoms with Gasteiger partial charge in [0.2, 0.25) is 0 Å². The van der Waals surface area contributed by atoms with E-state index in [2.05, 4.69) is 30.3 Å². The second-order valence-electron chi connectivity index (χ2n) is 3.06. The SMILES string of the molecule is C1CCOC1.[Cl-].[Zn+][CH2]c1ccccc1. The van der Waals surface area contributed by atoms with Crippen LogP contribution in [0.1, 0.15) is 18.4 Å². The minimum atomic E-state index is 0. The van der Waals surface area contributed by atoms with Gasteiger partial charge >= 0.3 is 59.2 Å². The van der Waals surface area contributed by atoms with E-state index in [0.29, 0.717) is 0 Å². The Bertz CT molecular complexity index is 204. The summed E-state index contributed by atoms with van der Waals surface area (Å²) in [6, 6.07) is 10.6. The fourth-order valence-electron chi connectivity index (χ4n) is 1.15. The molecule has 1 aromatic carbocycles. The average molecular weight is 264 g/mol. The molecule has 3 heteroatoms. The summed E-state index contributed by atoms with van der Waals surface area (Å²) in [5, 5.41) is 1.26. The van der Waals surface area contributed by atoms with E-state index in [4.69, 9.17) is 4.74 Å². The summed E-state index contributed by atoms with van der Waals surface area (Å²) in [6.07, 6.45) is 2.56. The van der Waals surface area contributed by atoms with Crippen molar-refractivity contribution in [3.63, 3.8) is 0 Å². The summed E-state index contributed by atoms with van der Waals surface area (Å²) in [7, 11) is 0. The van der Waals surface area contributed by atoms with Crippen molar-refractivity contribution >= 4 is 0 Å². The van der Waals surface area contributed by atoms with E-state index in [1.165, 1.54) is 41.7 Å². The van der Waals surface area contributed by atoms with Crippen LogP contribution in [-0.2, 0) is 28.1 Å². The molecule has 1 saturated heterocycles. The van der Waals surface area contributed by atoms with E-state index in [1.54, 1.807) is 0 Å². The third-order valence-electron chi connectivity index (χ3n) is 1.96. The zero-order valence-corrected chi connectivity index (χ0v) is 12.1. The van der Waals surface area contributed by atoms with Gasteiger partial charge in [-0.2, -0.15) is 0 Å². The van der Waals surface area contributed by atoms with Crippen molar-refractivity contribution in [1.82, 2.24) is 0 Å². The quantitative estimate of drug-likeness (QED) is 0.623. The van der Waals surface area contributed by atoms with E-state index in [0.717, 1.165) is 13.2 Å². The molecule has 0 unspecified atom stereocenters. The van der Waals surface area contributed by atoms with Crippen LogP contribution in [0.15, 0.2) is 30.3 Å². The number of benzene rings is 1. The Balaban J connectivity index is 0.000000246. The van der Waals surface area contributed by atoms with Crippen LogP contribution in [0.5, 0.6) is 0 Å². The predicted molar refractivity (Wildman–Crippen MR) is 50.2 cm³/mol. The van der Waals surface area contributed by atoms with Crippen LogP contribution in [0.3, 0.4) is 0 Å². The van der Waals surface area contributed by atoms with Crippen LogP contribution < -0.4 is 12.4 Å². The topological polar surface area (TPSA) is 9.23 Å². The van der Waals surface area contributed by atoms with Gasteiger partial charge in [-0.15, -0.1) is 0 Å². The Morgan fingerprint density at radius 2 is 1.64 bits per heavy atom. The monoisotopic (exact) mass is 262 g/mol. The summed E-state index contributed by atoms with van der Waals surface area (Å²) >= 11 is 1.37. The second kappa shape index (κ2) is 9.64. The van der Waals surface area contributed by atoms with Gasteiger partial charge in [0.05, 0.1) is 0 Å². The zero-order valence-electron chi connectivity index (χ0n) is 8.42. The van der Waals surface area contributed by atoms with E-state index in [1.807, 2.05) is 0 Å². The number of hydrogen-bond donors (Lipinski definition) is 0. The summed E-state index contributed by atoms with van der Waals surface area (Å²) in [5.74, 6) is 0. The molecule has 0 aromatic heterocycles. The maximum absolute atomic E-state index is 4.94. The van der Waals surface area contributed by atoms with Gasteiger partial charge in [-0.05, 0) is 12.8 Å². The molecule has 1 aliphatic heterocycles. The second-order valence-corrected chi connectivity index (χ2v) is 4.10. The third-order valence-corrected chi connectivity index (χ3v) is 3.17. The van der Waals surface area contributed by atoms with Gasteiger partial charge in [-0.25, -0.2) is 0 Å². The van der Waals surface area contributed by atoms with Crippen LogP contribution in [0.25, 0.3) is 0 Å². The van der Waals surface area contributed by atoms with Crippen LogP contribution in [-0.4, -0.2) is 13.2 Å². The van der Waals surface area contributed by atoms with E-state index in [-0.39, 0.29) is 12.4 Å². The molecule has 1 heterocycles. The molecule has 1 aliphatic rings. The molecule has 0 saturated carbocycles. The molecule has 1 fully saturated rings. The first kappa shape index (κ1) is 14.1. The summed E-state index contributed by atoms with van der Waals surface area (Å²) in [6.45, 7) is 2.00. The van der Waals surface area contributed by atoms with Gasteiger partial charge in [0.25, 0.3) is 0 Å². The molecule has 0 atom stereocenters. The van der Waals surface area contributed by atoms with Crippen LogP contribution in [0.2, 0.25) is 0 Å². The van der Waals surface area contributed by atoms with Crippen molar-refractivity contribution in [3.05, 3.63) is 35.9 Å². The molecular formula is C11H15ClOZn. The summed E-state index contributed by atoms with van der Waals surface area (Å²) < 4.78 is 4.94. The predicted octanol–water partition coefficient (Wildman–Crippen LogP) is -0.466. The Labute approximate surface area is 102 Å². The van der Waals surface area contributed by atoms with Gasteiger partial charge in [0.1, 0.15) is 0 Å². The first-order valence-electron chi connectivity index (χ1n) is 4.84. The van der Waals surface area contributed by atoms with Crippen molar-refractivity contribution in [2.24, 2.45) is 0 Å². The fraction of sp³-hybridized carbons (Fsp3) is 0.455. The van der Waals surface area contributed by atoms with Crippen LogP contribution in [0, 0.1) is 0 Å². The maximum atomic E-state index is 4.94. The molecule has 1 nitrogen and oxygen atoms in total. The summed E-state index contributed by atoms with van der Waals surface area (Å²) in [4.78, 5) is 0. The molecule has 74 valence electrons. The van der Waals surface area contributed by atoms with E-state index in [9.17, 15) is 0 Å². The zero-order chi connectivity index (χ0) is 9.36. The molecule has 0 bridgehead atoms. The van der Waals surface area contributed by atoms with Crippen LogP contribution in [0.4, 0.5) is 0 Å². The molecule has 1 aromatic rings. The molecular weight excluding hydrogens is 249 g/mol. The Morgan fingerprint density at radius 3 is 1.93 bits per heavy atom. The third kappa shape index (κ3) is 6.53. The van der Waals surface area contributed by atoms with Crippen molar-refractivity contribution in [2.75, 3.05) is 13.2 Å². The Hall–Kier alpha value is 0.0934. The Kier molecular flexibility index (Phi) is 9.71. The van der Waals surface area contributed by atoms with Crippen molar-refractivity contribution in [3.8, 4) is 0 Å². The fourth-order valence-corrected chi connectivity index (χ4v) is 1.85. The molecule has 2 rings (SSSR count). The molecule has 0 radical (unpaired) electrons. The number of halogens is 1. The van der Waals surface area contributed by atoms with Crippen molar-refractivity contribution < 1.29 is 35.4 Å². The molecule has 0 spiro atoms. The molecule has 0 aliphatic carbocycles. The number of hydrogen-bond acceptors (Lipinski definition) is 1. The number of ether oxygens (including phenoxy) is 1. The number of rotatable bonds is 1. The average Bonchev–Trinajstić information content (AvgIpc) is 2.77. The summed E-state index contributed by atoms with van der Waals surface area (Å²) in [5.41, 5.74) is 1.47. The molecule has 14 heavy (non-hydrogen) atoms.